The van der Waals surface area contributed by atoms with Crippen molar-refractivity contribution >= 4 is 32.4 Å². The molecule has 0 aliphatic carbocycles. The minimum Gasteiger partial charge on any atom is -0.385 e. The van der Waals surface area contributed by atoms with Crippen LogP contribution in [0.15, 0.2) is 41.3 Å². The van der Waals surface area contributed by atoms with Gasteiger partial charge in [0, 0.05) is 25.6 Å². The molecule has 0 saturated carbocycles. The maximum atomic E-state index is 12.9. The fraction of sp³-hybridized carbons (Fsp3) is 0.353. The van der Waals surface area contributed by atoms with E-state index in [2.05, 4.69) is 5.32 Å². The molecule has 1 aliphatic rings. The van der Waals surface area contributed by atoms with E-state index in [9.17, 15) is 13.2 Å². The van der Waals surface area contributed by atoms with Crippen LogP contribution in [0.4, 0.5) is 5.69 Å². The molecule has 0 unspecified atom stereocenters. The molecule has 2 aromatic carbocycles. The Bertz CT molecular complexity index is 874. The van der Waals surface area contributed by atoms with Gasteiger partial charge in [0.25, 0.3) is 10.0 Å². The lowest BCUT2D eigenvalue weighted by molar-refractivity contribution is -0.121. The quantitative estimate of drug-likeness (QED) is 0.809. The first-order chi connectivity index (χ1) is 11.5. The first-order valence-electron chi connectivity index (χ1n) is 7.81. The normalized spacial score (nSPS) is 16.3. The van der Waals surface area contributed by atoms with Crippen LogP contribution in [0, 0.1) is 0 Å². The maximum Gasteiger partial charge on any atom is 0.265 e. The van der Waals surface area contributed by atoms with Crippen LogP contribution >= 0.6 is 0 Å². The molecule has 0 saturated heterocycles. The molecule has 24 heavy (non-hydrogen) atoms. The van der Waals surface area contributed by atoms with Crippen LogP contribution in [0.2, 0.25) is 0 Å². The second-order valence-corrected chi connectivity index (χ2v) is 7.53. The van der Waals surface area contributed by atoms with E-state index in [0.717, 1.165) is 5.39 Å². The molecule has 0 radical (unpaired) electrons. The van der Waals surface area contributed by atoms with E-state index in [1.807, 2.05) is 12.1 Å². The Balaban J connectivity index is 1.92. The smallest absolute Gasteiger partial charge is 0.265 e. The van der Waals surface area contributed by atoms with Gasteiger partial charge in [0.15, 0.2) is 0 Å². The average molecular weight is 348 g/mol. The Morgan fingerprint density at radius 1 is 1.25 bits per heavy atom. The number of sulfonamides is 1. The van der Waals surface area contributed by atoms with Gasteiger partial charge in [0.2, 0.25) is 5.91 Å². The molecule has 1 heterocycles. The summed E-state index contributed by atoms with van der Waals surface area (Å²) in [7, 11) is -2.13. The van der Waals surface area contributed by atoms with Crippen molar-refractivity contribution in [1.82, 2.24) is 5.32 Å². The molecule has 6 nitrogen and oxygen atoms in total. The molecule has 1 aliphatic heterocycles. The number of amides is 1. The summed E-state index contributed by atoms with van der Waals surface area (Å²) in [6.07, 6.45) is 0.678. The molecule has 1 atom stereocenters. The molecule has 0 spiro atoms. The zero-order chi connectivity index (χ0) is 17.3. The Morgan fingerprint density at radius 2 is 1.96 bits per heavy atom. The summed E-state index contributed by atoms with van der Waals surface area (Å²) in [4.78, 5) is 12.7. The fourth-order valence-electron chi connectivity index (χ4n) is 3.02. The number of benzene rings is 2. The molecule has 3 rings (SSSR count). The van der Waals surface area contributed by atoms with Crippen LogP contribution < -0.4 is 9.62 Å². The van der Waals surface area contributed by atoms with Gasteiger partial charge in [-0.1, -0.05) is 24.3 Å². The number of rotatable bonds is 6. The summed E-state index contributed by atoms with van der Waals surface area (Å²) in [5, 5.41) is 4.30. The largest absolute Gasteiger partial charge is 0.385 e. The highest BCUT2D eigenvalue weighted by molar-refractivity contribution is 7.93. The minimum absolute atomic E-state index is 0.259. The molecule has 0 aromatic heterocycles. The van der Waals surface area contributed by atoms with Gasteiger partial charge in [-0.25, -0.2) is 8.42 Å². The van der Waals surface area contributed by atoms with Crippen LogP contribution in [0.25, 0.3) is 10.8 Å². The van der Waals surface area contributed by atoms with Gasteiger partial charge in [-0.3, -0.25) is 9.10 Å². The molecular weight excluding hydrogens is 328 g/mol. The highest BCUT2D eigenvalue weighted by Crippen LogP contribution is 2.43. The number of hydrogen-bond donors (Lipinski definition) is 1. The number of nitrogens with one attached hydrogen (secondary N) is 1. The van der Waals surface area contributed by atoms with Crippen LogP contribution in [0.5, 0.6) is 0 Å². The number of carbonyl (C=O) groups is 1. The van der Waals surface area contributed by atoms with E-state index in [-0.39, 0.29) is 10.8 Å². The van der Waals surface area contributed by atoms with Gasteiger partial charge in [-0.2, -0.15) is 0 Å². The predicted molar refractivity (Wildman–Crippen MR) is 92.6 cm³/mol. The zero-order valence-corrected chi connectivity index (χ0v) is 14.5. The van der Waals surface area contributed by atoms with Crippen molar-refractivity contribution < 1.29 is 17.9 Å². The van der Waals surface area contributed by atoms with Crippen molar-refractivity contribution in [1.29, 1.82) is 0 Å². The summed E-state index contributed by atoms with van der Waals surface area (Å²) in [5.74, 6) is -0.320. The topological polar surface area (TPSA) is 75.7 Å². The number of ether oxygens (including phenoxy) is 1. The second kappa shape index (κ2) is 6.41. The lowest BCUT2D eigenvalue weighted by Gasteiger charge is -2.25. The second-order valence-electron chi connectivity index (χ2n) is 5.75. The zero-order valence-electron chi connectivity index (χ0n) is 13.7. The van der Waals surface area contributed by atoms with E-state index >= 15 is 0 Å². The highest BCUT2D eigenvalue weighted by Gasteiger charge is 2.40. The van der Waals surface area contributed by atoms with Crippen molar-refractivity contribution in [3.8, 4) is 0 Å². The van der Waals surface area contributed by atoms with Crippen LogP contribution in [-0.2, 0) is 19.6 Å². The third-order valence-corrected chi connectivity index (χ3v) is 6.10. The average Bonchev–Trinajstić information content (AvgIpc) is 2.80. The summed E-state index contributed by atoms with van der Waals surface area (Å²) < 4.78 is 32.0. The summed E-state index contributed by atoms with van der Waals surface area (Å²) in [5.41, 5.74) is 0.558. The molecular formula is C17H20N2O4S. The number of methoxy groups -OCH3 is 1. The van der Waals surface area contributed by atoms with E-state index in [4.69, 9.17) is 4.74 Å². The standard InChI is InChI=1S/C17H20N2O4S/c1-12(17(20)18-10-5-11-23-2)19-14-8-3-6-13-7-4-9-15(16(13)14)24(19,21)22/h3-4,6-9,12H,5,10-11H2,1-2H3,(H,18,20)/t12-/m1/s1. The molecule has 2 aromatic rings. The number of hydrogen-bond acceptors (Lipinski definition) is 4. The first-order valence-corrected chi connectivity index (χ1v) is 9.25. The number of anilines is 1. The predicted octanol–water partition coefficient (Wildman–Crippen LogP) is 1.89. The maximum absolute atomic E-state index is 12.9. The lowest BCUT2D eigenvalue weighted by atomic mass is 10.1. The first kappa shape index (κ1) is 16.7. The van der Waals surface area contributed by atoms with Gasteiger partial charge < -0.3 is 10.1 Å². The molecule has 128 valence electrons. The summed E-state index contributed by atoms with van der Waals surface area (Å²) in [6.45, 7) is 2.59. The van der Waals surface area contributed by atoms with E-state index < -0.39 is 16.1 Å². The van der Waals surface area contributed by atoms with Crippen molar-refractivity contribution in [2.24, 2.45) is 0 Å². The minimum atomic E-state index is -3.73. The van der Waals surface area contributed by atoms with E-state index in [0.29, 0.717) is 30.6 Å². The summed E-state index contributed by atoms with van der Waals surface area (Å²) in [6, 6.07) is 9.77. The third-order valence-electron chi connectivity index (χ3n) is 4.17. The van der Waals surface area contributed by atoms with Crippen LogP contribution in [0.3, 0.4) is 0 Å². The third kappa shape index (κ3) is 2.63. The van der Waals surface area contributed by atoms with Crippen molar-refractivity contribution in [3.63, 3.8) is 0 Å². The van der Waals surface area contributed by atoms with E-state index in [1.165, 1.54) is 4.31 Å². The van der Waals surface area contributed by atoms with Crippen LogP contribution in [-0.4, -0.2) is 40.6 Å². The molecule has 7 heteroatoms. The number of carbonyl (C=O) groups excluding carboxylic acids is 1. The van der Waals surface area contributed by atoms with Gasteiger partial charge >= 0.3 is 0 Å². The monoisotopic (exact) mass is 348 g/mol. The lowest BCUT2D eigenvalue weighted by Crippen LogP contribution is -2.47. The fourth-order valence-corrected chi connectivity index (χ4v) is 4.89. The molecule has 1 N–H and O–H groups in total. The van der Waals surface area contributed by atoms with E-state index in [1.54, 1.807) is 38.3 Å². The van der Waals surface area contributed by atoms with Crippen molar-refractivity contribution in [2.45, 2.75) is 24.3 Å². The highest BCUT2D eigenvalue weighted by atomic mass is 32.2. The van der Waals surface area contributed by atoms with Gasteiger partial charge in [0.1, 0.15) is 6.04 Å². The Labute approximate surface area is 141 Å². The Hall–Kier alpha value is -2.12. The van der Waals surface area contributed by atoms with Gasteiger partial charge in [-0.15, -0.1) is 0 Å². The Kier molecular flexibility index (Phi) is 4.47. The van der Waals surface area contributed by atoms with Gasteiger partial charge in [-0.05, 0) is 30.9 Å². The Morgan fingerprint density at radius 3 is 2.67 bits per heavy atom. The van der Waals surface area contributed by atoms with Crippen LogP contribution in [0.1, 0.15) is 13.3 Å². The molecule has 0 fully saturated rings. The summed E-state index contributed by atoms with van der Waals surface area (Å²) >= 11 is 0. The SMILES string of the molecule is COCCCNC(=O)[C@@H](C)N1c2cccc3cccc(c23)S1(=O)=O. The molecule has 1 amide bonds. The van der Waals surface area contributed by atoms with Crippen molar-refractivity contribution in [2.75, 3.05) is 24.6 Å². The van der Waals surface area contributed by atoms with Crippen molar-refractivity contribution in [3.05, 3.63) is 36.4 Å². The number of nitrogens with zero attached hydrogens (tertiary/aromatic N) is 1. The van der Waals surface area contributed by atoms with Gasteiger partial charge in [0.05, 0.1) is 10.6 Å². The molecule has 0 bridgehead atoms.